The van der Waals surface area contributed by atoms with E-state index in [9.17, 15) is 0 Å². The van der Waals surface area contributed by atoms with Crippen LogP contribution in [0.4, 0.5) is 0 Å². The largest absolute Gasteiger partial charge is 1.00 e. The van der Waals surface area contributed by atoms with Gasteiger partial charge in [-0.3, -0.25) is 0 Å². The molecule has 0 radical (unpaired) electrons. The van der Waals surface area contributed by atoms with Gasteiger partial charge in [-0.1, -0.05) is 30.3 Å². The number of aliphatic hydroxyl groups is 1. The molecule has 17 heavy (non-hydrogen) atoms. The summed E-state index contributed by atoms with van der Waals surface area (Å²) in [7, 11) is 0. The highest BCUT2D eigenvalue weighted by molar-refractivity contribution is 5.14. The fourth-order valence-electron chi connectivity index (χ4n) is 1.71. The molecule has 2 aromatic rings. The number of nitrogens with zero attached hydrogens (tertiary/aromatic N) is 1. The van der Waals surface area contributed by atoms with Crippen LogP contribution in [0, 0.1) is 0 Å². The third kappa shape index (κ3) is 4.29. The lowest BCUT2D eigenvalue weighted by molar-refractivity contribution is -0.697. The maximum absolute atomic E-state index is 9.03. The maximum Gasteiger partial charge on any atom is 0.174 e. The molecule has 0 fully saturated rings. The number of aromatic nitrogens is 1. The molecule has 2 rings (SSSR count). The number of aryl methyl sites for hydroxylation is 2. The highest BCUT2D eigenvalue weighted by atomic mass is 79.9. The highest BCUT2D eigenvalue weighted by Crippen LogP contribution is 1.99. The van der Waals surface area contributed by atoms with Gasteiger partial charge in [0.15, 0.2) is 18.9 Å². The van der Waals surface area contributed by atoms with E-state index < -0.39 is 0 Å². The maximum atomic E-state index is 9.03. The molecule has 0 saturated carbocycles. The quantitative estimate of drug-likeness (QED) is 0.698. The molecule has 0 amide bonds. The van der Waals surface area contributed by atoms with Crippen molar-refractivity contribution in [2.75, 3.05) is 0 Å². The van der Waals surface area contributed by atoms with Crippen molar-refractivity contribution in [3.63, 3.8) is 0 Å². The Hall–Kier alpha value is -1.19. The molecule has 1 heterocycles. The molecule has 0 spiro atoms. The number of hydrogen-bond donors (Lipinski definition) is 1. The van der Waals surface area contributed by atoms with Gasteiger partial charge >= 0.3 is 0 Å². The summed E-state index contributed by atoms with van der Waals surface area (Å²) < 4.78 is 2.11. The second-order valence-electron chi connectivity index (χ2n) is 3.84. The molecule has 0 aliphatic heterocycles. The van der Waals surface area contributed by atoms with E-state index in [4.69, 9.17) is 5.11 Å². The Morgan fingerprint density at radius 2 is 1.65 bits per heavy atom. The van der Waals surface area contributed by atoms with Crippen molar-refractivity contribution in [1.82, 2.24) is 0 Å². The van der Waals surface area contributed by atoms with Crippen LogP contribution in [-0.2, 0) is 19.6 Å². The van der Waals surface area contributed by atoms with Gasteiger partial charge in [-0.2, -0.15) is 0 Å². The summed E-state index contributed by atoms with van der Waals surface area (Å²) in [6.45, 7) is 1.05. The summed E-state index contributed by atoms with van der Waals surface area (Å²) in [5.74, 6) is 0. The number of pyridine rings is 1. The van der Waals surface area contributed by atoms with Crippen molar-refractivity contribution in [2.45, 2.75) is 19.6 Å². The van der Waals surface area contributed by atoms with Crippen LogP contribution in [0.5, 0.6) is 0 Å². The van der Waals surface area contributed by atoms with Crippen LogP contribution >= 0.6 is 0 Å². The molecular formula is C14H16BrNO. The Labute approximate surface area is 112 Å². The molecule has 3 heteroatoms. The summed E-state index contributed by atoms with van der Waals surface area (Å²) in [6.07, 6.45) is 5.03. The van der Waals surface area contributed by atoms with Crippen molar-refractivity contribution in [3.05, 3.63) is 66.0 Å². The minimum absolute atomic E-state index is 0. The number of halogens is 1. The van der Waals surface area contributed by atoms with Crippen LogP contribution in [-0.4, -0.2) is 5.11 Å². The van der Waals surface area contributed by atoms with E-state index in [1.54, 1.807) is 0 Å². The molecule has 0 atom stereocenters. The fraction of sp³-hybridized carbons (Fsp3) is 0.214. The summed E-state index contributed by atoms with van der Waals surface area (Å²) in [4.78, 5) is 0. The molecule has 1 aromatic carbocycles. The summed E-state index contributed by atoms with van der Waals surface area (Å²) in [5, 5.41) is 9.03. The summed E-state index contributed by atoms with van der Waals surface area (Å²) >= 11 is 0. The zero-order valence-corrected chi connectivity index (χ0v) is 11.2. The fourth-order valence-corrected chi connectivity index (χ4v) is 1.71. The molecule has 0 aliphatic rings. The van der Waals surface area contributed by atoms with Gasteiger partial charge in [0.1, 0.15) is 0 Å². The topological polar surface area (TPSA) is 24.1 Å². The number of rotatable bonds is 4. The van der Waals surface area contributed by atoms with Crippen molar-refractivity contribution in [1.29, 1.82) is 0 Å². The van der Waals surface area contributed by atoms with Gasteiger partial charge in [-0.25, -0.2) is 4.57 Å². The van der Waals surface area contributed by atoms with Gasteiger partial charge in [0.25, 0.3) is 0 Å². The molecule has 0 aliphatic carbocycles. The van der Waals surface area contributed by atoms with Gasteiger partial charge in [0.05, 0.1) is 6.61 Å². The molecule has 90 valence electrons. The minimum Gasteiger partial charge on any atom is -1.00 e. The molecule has 1 aromatic heterocycles. The smallest absolute Gasteiger partial charge is 0.174 e. The first kappa shape index (κ1) is 13.9. The van der Waals surface area contributed by atoms with E-state index in [0.717, 1.165) is 18.5 Å². The van der Waals surface area contributed by atoms with Crippen molar-refractivity contribution < 1.29 is 26.7 Å². The van der Waals surface area contributed by atoms with Crippen molar-refractivity contribution >= 4 is 0 Å². The predicted octanol–water partition coefficient (Wildman–Crippen LogP) is -1.29. The zero-order chi connectivity index (χ0) is 11.2. The van der Waals surface area contributed by atoms with Crippen molar-refractivity contribution in [3.8, 4) is 0 Å². The molecule has 0 bridgehead atoms. The van der Waals surface area contributed by atoms with Crippen LogP contribution in [0.15, 0.2) is 54.9 Å². The summed E-state index contributed by atoms with van der Waals surface area (Å²) in [5.41, 5.74) is 2.29. The Bertz CT molecular complexity index is 445. The van der Waals surface area contributed by atoms with Crippen LogP contribution < -0.4 is 21.5 Å². The minimum atomic E-state index is 0. The van der Waals surface area contributed by atoms with E-state index in [2.05, 4.69) is 28.8 Å². The first-order valence-corrected chi connectivity index (χ1v) is 5.51. The Morgan fingerprint density at radius 1 is 0.941 bits per heavy atom. The number of benzene rings is 1. The van der Waals surface area contributed by atoms with Gasteiger partial charge in [-0.15, -0.1) is 0 Å². The van der Waals surface area contributed by atoms with Crippen LogP contribution in [0.2, 0.25) is 0 Å². The highest BCUT2D eigenvalue weighted by Gasteiger charge is 2.02. The van der Waals surface area contributed by atoms with Gasteiger partial charge in [0, 0.05) is 18.1 Å². The van der Waals surface area contributed by atoms with E-state index in [-0.39, 0.29) is 23.6 Å². The first-order valence-electron chi connectivity index (χ1n) is 5.51. The third-order valence-corrected chi connectivity index (χ3v) is 2.60. The van der Waals surface area contributed by atoms with E-state index in [1.165, 1.54) is 5.56 Å². The van der Waals surface area contributed by atoms with Crippen LogP contribution in [0.1, 0.15) is 11.1 Å². The van der Waals surface area contributed by atoms with Gasteiger partial charge in [-0.05, 0) is 11.6 Å². The lowest BCUT2D eigenvalue weighted by atomic mass is 10.1. The second kappa shape index (κ2) is 7.20. The number of hydrogen-bond acceptors (Lipinski definition) is 1. The molecule has 0 saturated heterocycles. The zero-order valence-electron chi connectivity index (χ0n) is 9.59. The molecule has 1 N–H and O–H groups in total. The summed E-state index contributed by atoms with van der Waals surface area (Å²) in [6, 6.07) is 14.3. The Kier molecular flexibility index (Phi) is 5.87. The second-order valence-corrected chi connectivity index (χ2v) is 3.84. The van der Waals surface area contributed by atoms with E-state index >= 15 is 0 Å². The van der Waals surface area contributed by atoms with Crippen LogP contribution in [0.3, 0.4) is 0 Å². The SMILES string of the molecule is OCc1ccc[n+](CCc2ccccc2)c1.[Br-]. The Morgan fingerprint density at radius 3 is 2.35 bits per heavy atom. The molecule has 0 unspecified atom stereocenters. The predicted molar refractivity (Wildman–Crippen MR) is 62.7 cm³/mol. The third-order valence-electron chi connectivity index (χ3n) is 2.60. The van der Waals surface area contributed by atoms with Crippen LogP contribution in [0.25, 0.3) is 0 Å². The van der Waals surface area contributed by atoms with Gasteiger partial charge < -0.3 is 22.1 Å². The average molecular weight is 294 g/mol. The Balaban J connectivity index is 0.00000144. The van der Waals surface area contributed by atoms with Gasteiger partial charge in [0.2, 0.25) is 0 Å². The molecule has 2 nitrogen and oxygen atoms in total. The van der Waals surface area contributed by atoms with E-state index in [0.29, 0.717) is 0 Å². The molecular weight excluding hydrogens is 278 g/mol. The van der Waals surface area contributed by atoms with Crippen molar-refractivity contribution in [2.24, 2.45) is 0 Å². The lowest BCUT2D eigenvalue weighted by Crippen LogP contribution is -3.00. The monoisotopic (exact) mass is 293 g/mol. The normalized spacial score (nSPS) is 9.71. The number of aliphatic hydroxyl groups excluding tert-OH is 1. The lowest BCUT2D eigenvalue weighted by Gasteiger charge is -1.99. The average Bonchev–Trinajstić information content (AvgIpc) is 2.38. The first-order chi connectivity index (χ1) is 7.88. The van der Waals surface area contributed by atoms with E-state index in [1.807, 2.05) is 30.6 Å². The standard InChI is InChI=1S/C14H16NO.BrH/c16-12-14-7-4-9-15(11-14)10-8-13-5-2-1-3-6-13;/h1-7,9,11,16H,8,10,12H2;1H/q+1;/p-1.